The van der Waals surface area contributed by atoms with Crippen molar-refractivity contribution in [3.63, 3.8) is 0 Å². The number of ether oxygens (including phenoxy) is 3. The van der Waals surface area contributed by atoms with E-state index < -0.39 is 0 Å². The quantitative estimate of drug-likeness (QED) is 0.587. The van der Waals surface area contributed by atoms with Crippen molar-refractivity contribution >= 4 is 0 Å². The van der Waals surface area contributed by atoms with Crippen molar-refractivity contribution in [3.05, 3.63) is 0 Å². The van der Waals surface area contributed by atoms with Gasteiger partial charge in [-0.2, -0.15) is 0 Å². The summed E-state index contributed by atoms with van der Waals surface area (Å²) in [5, 5.41) is 0. The van der Waals surface area contributed by atoms with Crippen LogP contribution in [0.15, 0.2) is 0 Å². The molecule has 0 saturated carbocycles. The highest BCUT2D eigenvalue weighted by molar-refractivity contribution is 4.97. The minimum atomic E-state index is -0.0557. The molecule has 3 aliphatic heterocycles. The average molecular weight is 270 g/mol. The van der Waals surface area contributed by atoms with Crippen LogP contribution >= 0.6 is 0 Å². The van der Waals surface area contributed by atoms with Crippen molar-refractivity contribution in [2.45, 2.75) is 50.4 Å². The molecular formula is C14H26N2O3. The van der Waals surface area contributed by atoms with E-state index in [1.165, 1.54) is 0 Å². The molecule has 5 atom stereocenters. The summed E-state index contributed by atoms with van der Waals surface area (Å²) in [5.41, 5.74) is 2.97. The fraction of sp³-hybridized carbons (Fsp3) is 1.00. The second-order valence-corrected chi connectivity index (χ2v) is 6.38. The molecule has 0 bridgehead atoms. The monoisotopic (exact) mass is 270 g/mol. The third-order valence-corrected chi connectivity index (χ3v) is 5.10. The van der Waals surface area contributed by atoms with Gasteiger partial charge in [0.25, 0.3) is 0 Å². The molecular weight excluding hydrogens is 244 g/mol. The van der Waals surface area contributed by atoms with E-state index in [0.717, 1.165) is 52.1 Å². The Balaban J connectivity index is 1.68. The highest BCUT2D eigenvalue weighted by atomic mass is 16.6. The molecule has 0 radical (unpaired) electrons. The zero-order valence-corrected chi connectivity index (χ0v) is 11.8. The number of hydrogen-bond donors (Lipinski definition) is 2. The lowest BCUT2D eigenvalue weighted by Crippen LogP contribution is -2.54. The van der Waals surface area contributed by atoms with Crippen molar-refractivity contribution < 1.29 is 14.2 Å². The van der Waals surface area contributed by atoms with Crippen LogP contribution in [0.4, 0.5) is 0 Å². The molecule has 3 N–H and O–H groups in total. The molecule has 5 heteroatoms. The van der Waals surface area contributed by atoms with Crippen LogP contribution in [-0.2, 0) is 14.2 Å². The summed E-state index contributed by atoms with van der Waals surface area (Å²) in [4.78, 5) is 0. The second kappa shape index (κ2) is 5.66. The molecule has 0 aromatic rings. The van der Waals surface area contributed by atoms with Gasteiger partial charge in [-0.25, -0.2) is 0 Å². The Bertz CT molecular complexity index is 307. The first-order valence-corrected chi connectivity index (χ1v) is 7.53. The van der Waals surface area contributed by atoms with Gasteiger partial charge in [0.2, 0.25) is 0 Å². The van der Waals surface area contributed by atoms with Gasteiger partial charge in [-0.3, -0.25) is 11.3 Å². The van der Waals surface area contributed by atoms with Crippen molar-refractivity contribution in [2.24, 2.45) is 17.7 Å². The summed E-state index contributed by atoms with van der Waals surface area (Å²) in [6, 6.07) is 0.235. The van der Waals surface area contributed by atoms with E-state index in [1.54, 1.807) is 0 Å². The first kappa shape index (κ1) is 13.8. The first-order chi connectivity index (χ1) is 9.24. The molecule has 3 rings (SSSR count). The maximum Gasteiger partial charge on any atom is 0.0939 e. The second-order valence-electron chi connectivity index (χ2n) is 6.38. The van der Waals surface area contributed by atoms with Crippen LogP contribution in [0.3, 0.4) is 0 Å². The van der Waals surface area contributed by atoms with Crippen molar-refractivity contribution in [1.29, 1.82) is 0 Å². The molecule has 1 spiro atoms. The smallest absolute Gasteiger partial charge is 0.0939 e. The maximum atomic E-state index is 6.01. The van der Waals surface area contributed by atoms with E-state index >= 15 is 0 Å². The molecule has 3 fully saturated rings. The molecule has 3 saturated heterocycles. The first-order valence-electron chi connectivity index (χ1n) is 7.53. The molecule has 5 nitrogen and oxygen atoms in total. The van der Waals surface area contributed by atoms with Gasteiger partial charge in [-0.05, 0) is 31.1 Å². The van der Waals surface area contributed by atoms with Crippen LogP contribution < -0.4 is 11.3 Å². The lowest BCUT2D eigenvalue weighted by atomic mass is 9.78. The zero-order valence-electron chi connectivity index (χ0n) is 11.8. The molecule has 3 aliphatic rings. The fourth-order valence-electron chi connectivity index (χ4n) is 3.91. The Labute approximate surface area is 115 Å². The largest absolute Gasteiger partial charge is 0.378 e. The molecule has 3 heterocycles. The van der Waals surface area contributed by atoms with Crippen LogP contribution in [0, 0.1) is 11.8 Å². The van der Waals surface area contributed by atoms with Gasteiger partial charge in [0.15, 0.2) is 0 Å². The average Bonchev–Trinajstić information content (AvgIpc) is 3.02. The van der Waals surface area contributed by atoms with Crippen LogP contribution in [-0.4, -0.2) is 44.2 Å². The summed E-state index contributed by atoms with van der Waals surface area (Å²) < 4.78 is 17.5. The highest BCUT2D eigenvalue weighted by Gasteiger charge is 2.45. The Morgan fingerprint density at radius 1 is 1.26 bits per heavy atom. The number of nitrogens with two attached hydrogens (primary N) is 1. The van der Waals surface area contributed by atoms with Crippen molar-refractivity contribution in [3.8, 4) is 0 Å². The predicted molar refractivity (Wildman–Crippen MR) is 71.5 cm³/mol. The van der Waals surface area contributed by atoms with E-state index in [1.807, 2.05) is 0 Å². The van der Waals surface area contributed by atoms with Crippen molar-refractivity contribution in [1.82, 2.24) is 5.43 Å². The molecule has 110 valence electrons. The van der Waals surface area contributed by atoms with Crippen LogP contribution in [0.2, 0.25) is 0 Å². The molecule has 0 aromatic carbocycles. The van der Waals surface area contributed by atoms with E-state index in [0.29, 0.717) is 11.8 Å². The summed E-state index contributed by atoms with van der Waals surface area (Å²) in [7, 11) is 0. The van der Waals surface area contributed by atoms with Gasteiger partial charge in [-0.1, -0.05) is 6.92 Å². The van der Waals surface area contributed by atoms with Crippen LogP contribution in [0.1, 0.15) is 32.6 Å². The lowest BCUT2D eigenvalue weighted by Gasteiger charge is -2.42. The summed E-state index contributed by atoms with van der Waals surface area (Å²) in [6.07, 6.45) is 4.49. The number of hydrazine groups is 1. The number of hydrogen-bond acceptors (Lipinski definition) is 5. The van der Waals surface area contributed by atoms with Gasteiger partial charge in [0.05, 0.1) is 24.4 Å². The van der Waals surface area contributed by atoms with E-state index in [9.17, 15) is 0 Å². The number of nitrogens with one attached hydrogen (secondary N) is 1. The SMILES string of the molecule is CC1CCOC1C(NN)C1CCOC2(CCOC2)C1. The van der Waals surface area contributed by atoms with Gasteiger partial charge < -0.3 is 14.2 Å². The minimum Gasteiger partial charge on any atom is -0.378 e. The summed E-state index contributed by atoms with van der Waals surface area (Å²) in [6.45, 7) is 5.50. The Kier molecular flexibility index (Phi) is 4.10. The van der Waals surface area contributed by atoms with E-state index in [-0.39, 0.29) is 17.7 Å². The van der Waals surface area contributed by atoms with E-state index in [2.05, 4.69) is 12.3 Å². The highest BCUT2D eigenvalue weighted by Crippen LogP contribution is 2.39. The van der Waals surface area contributed by atoms with Gasteiger partial charge in [-0.15, -0.1) is 0 Å². The standard InChI is InChI=1S/C14H26N2O3/c1-10-2-5-18-13(10)12(16-15)11-3-6-19-14(8-11)4-7-17-9-14/h10-13,16H,2-9,15H2,1H3. The Hall–Kier alpha value is -0.200. The Morgan fingerprint density at radius 2 is 2.16 bits per heavy atom. The van der Waals surface area contributed by atoms with Crippen molar-refractivity contribution in [2.75, 3.05) is 26.4 Å². The molecule has 5 unspecified atom stereocenters. The third-order valence-electron chi connectivity index (χ3n) is 5.10. The fourth-order valence-corrected chi connectivity index (χ4v) is 3.91. The normalized spacial score (nSPS) is 44.8. The van der Waals surface area contributed by atoms with Gasteiger partial charge >= 0.3 is 0 Å². The topological polar surface area (TPSA) is 65.7 Å². The Morgan fingerprint density at radius 3 is 2.79 bits per heavy atom. The zero-order chi connectivity index (χ0) is 13.3. The predicted octanol–water partition coefficient (Wildman–Crippen LogP) is 0.829. The molecule has 0 aliphatic carbocycles. The molecule has 19 heavy (non-hydrogen) atoms. The van der Waals surface area contributed by atoms with Crippen LogP contribution in [0.25, 0.3) is 0 Å². The summed E-state index contributed by atoms with van der Waals surface area (Å²) in [5.74, 6) is 6.93. The minimum absolute atomic E-state index is 0.0557. The van der Waals surface area contributed by atoms with Gasteiger partial charge in [0.1, 0.15) is 0 Å². The molecule has 0 aromatic heterocycles. The lowest BCUT2D eigenvalue weighted by molar-refractivity contribution is -0.111. The molecule has 0 amide bonds. The third kappa shape index (κ3) is 2.67. The van der Waals surface area contributed by atoms with Gasteiger partial charge in [0, 0.05) is 26.2 Å². The summed E-state index contributed by atoms with van der Waals surface area (Å²) >= 11 is 0. The van der Waals surface area contributed by atoms with E-state index in [4.69, 9.17) is 20.1 Å². The number of rotatable bonds is 3. The maximum absolute atomic E-state index is 6.01. The van der Waals surface area contributed by atoms with Crippen LogP contribution in [0.5, 0.6) is 0 Å².